The van der Waals surface area contributed by atoms with Crippen LogP contribution >= 0.6 is 15.9 Å². The van der Waals surface area contributed by atoms with Crippen LogP contribution in [0.1, 0.15) is 36.9 Å². The normalized spacial score (nSPS) is 15.0. The molecule has 1 aliphatic heterocycles. The highest BCUT2D eigenvalue weighted by Gasteiger charge is 2.18. The van der Waals surface area contributed by atoms with E-state index in [0.29, 0.717) is 6.54 Å². The number of urea groups is 1. The van der Waals surface area contributed by atoms with Gasteiger partial charge in [0, 0.05) is 36.8 Å². The highest BCUT2D eigenvalue weighted by Crippen LogP contribution is 2.25. The lowest BCUT2D eigenvalue weighted by Gasteiger charge is -2.26. The van der Waals surface area contributed by atoms with Crippen LogP contribution in [0.25, 0.3) is 0 Å². The Morgan fingerprint density at radius 3 is 2.65 bits per heavy atom. The topological polar surface area (TPSA) is 35.6 Å². The van der Waals surface area contributed by atoms with Gasteiger partial charge >= 0.3 is 6.03 Å². The third kappa shape index (κ3) is 4.58. The van der Waals surface area contributed by atoms with Crippen LogP contribution in [0.2, 0.25) is 0 Å². The molecule has 0 saturated carbocycles. The van der Waals surface area contributed by atoms with Crippen molar-refractivity contribution in [3.8, 4) is 0 Å². The first-order valence-electron chi connectivity index (χ1n) is 9.14. The molecule has 1 fully saturated rings. The van der Waals surface area contributed by atoms with Gasteiger partial charge in [0.25, 0.3) is 0 Å². The number of benzene rings is 2. The summed E-state index contributed by atoms with van der Waals surface area (Å²) < 4.78 is 1.02. The molecule has 2 aromatic carbocycles. The van der Waals surface area contributed by atoms with Crippen LogP contribution in [0.4, 0.5) is 10.5 Å². The van der Waals surface area contributed by atoms with Gasteiger partial charge in [0.1, 0.15) is 0 Å². The minimum Gasteiger partial charge on any atom is -0.371 e. The number of amides is 2. The predicted octanol–water partition coefficient (Wildman–Crippen LogP) is 4.95. The van der Waals surface area contributed by atoms with Gasteiger partial charge < -0.3 is 15.1 Å². The van der Waals surface area contributed by atoms with E-state index in [4.69, 9.17) is 0 Å². The molecule has 1 atom stereocenters. The largest absolute Gasteiger partial charge is 0.371 e. The maximum absolute atomic E-state index is 12.6. The lowest BCUT2D eigenvalue weighted by molar-refractivity contribution is 0.203. The van der Waals surface area contributed by atoms with E-state index >= 15 is 0 Å². The number of hydrogen-bond acceptors (Lipinski definition) is 2. The molecule has 1 saturated heterocycles. The zero-order valence-electron chi connectivity index (χ0n) is 15.4. The average molecular weight is 416 g/mol. The van der Waals surface area contributed by atoms with Crippen LogP contribution in [-0.2, 0) is 6.54 Å². The fourth-order valence-electron chi connectivity index (χ4n) is 3.39. The van der Waals surface area contributed by atoms with Crippen molar-refractivity contribution in [2.45, 2.75) is 32.4 Å². The number of nitrogens with one attached hydrogen (secondary N) is 1. The zero-order valence-corrected chi connectivity index (χ0v) is 17.0. The van der Waals surface area contributed by atoms with Crippen LogP contribution in [0.5, 0.6) is 0 Å². The molecule has 0 aliphatic carbocycles. The Labute approximate surface area is 164 Å². The van der Waals surface area contributed by atoms with E-state index < -0.39 is 0 Å². The molecule has 138 valence electrons. The second-order valence-corrected chi connectivity index (χ2v) is 7.82. The van der Waals surface area contributed by atoms with Crippen molar-refractivity contribution in [1.82, 2.24) is 10.2 Å². The summed E-state index contributed by atoms with van der Waals surface area (Å²) in [5.74, 6) is 0. The molecule has 3 rings (SSSR count). The van der Waals surface area contributed by atoms with E-state index in [-0.39, 0.29) is 12.1 Å². The number of nitrogens with zero attached hydrogens (tertiary/aromatic N) is 2. The molecule has 2 amide bonds. The summed E-state index contributed by atoms with van der Waals surface area (Å²) in [7, 11) is 1.85. The van der Waals surface area contributed by atoms with Crippen molar-refractivity contribution >= 4 is 27.6 Å². The summed E-state index contributed by atoms with van der Waals surface area (Å²) in [6.07, 6.45) is 2.49. The minimum absolute atomic E-state index is 0.0451. The smallest absolute Gasteiger partial charge is 0.317 e. The molecule has 0 spiro atoms. The number of hydrogen-bond donors (Lipinski definition) is 1. The lowest BCUT2D eigenvalue weighted by Crippen LogP contribution is -2.38. The fourth-order valence-corrected chi connectivity index (χ4v) is 3.81. The van der Waals surface area contributed by atoms with Crippen LogP contribution in [0, 0.1) is 0 Å². The third-order valence-corrected chi connectivity index (χ3v) is 5.37. The first-order chi connectivity index (χ1) is 12.5. The number of carbonyl (C=O) groups excluding carboxylic acids is 1. The third-order valence-electron chi connectivity index (χ3n) is 4.88. The van der Waals surface area contributed by atoms with Gasteiger partial charge in [-0.25, -0.2) is 4.79 Å². The molecule has 0 bridgehead atoms. The summed E-state index contributed by atoms with van der Waals surface area (Å²) in [6, 6.07) is 16.3. The van der Waals surface area contributed by atoms with Crippen molar-refractivity contribution in [3.63, 3.8) is 0 Å². The Kier molecular flexibility index (Phi) is 6.20. The van der Waals surface area contributed by atoms with E-state index in [1.807, 2.05) is 44.3 Å². The van der Waals surface area contributed by atoms with E-state index in [2.05, 4.69) is 44.3 Å². The van der Waals surface area contributed by atoms with E-state index in [0.717, 1.165) is 23.1 Å². The Balaban J connectivity index is 1.64. The summed E-state index contributed by atoms with van der Waals surface area (Å²) in [6.45, 7) is 4.81. The van der Waals surface area contributed by atoms with Crippen molar-refractivity contribution in [1.29, 1.82) is 0 Å². The van der Waals surface area contributed by atoms with E-state index in [1.54, 1.807) is 4.90 Å². The fraction of sp³-hybridized carbons (Fsp3) is 0.381. The first-order valence-corrected chi connectivity index (χ1v) is 9.94. The van der Waals surface area contributed by atoms with E-state index in [1.165, 1.54) is 24.1 Å². The molecule has 26 heavy (non-hydrogen) atoms. The number of para-hydroxylation sites is 1. The van der Waals surface area contributed by atoms with Crippen molar-refractivity contribution < 1.29 is 4.79 Å². The summed E-state index contributed by atoms with van der Waals surface area (Å²) >= 11 is 3.48. The van der Waals surface area contributed by atoms with Gasteiger partial charge in [0.15, 0.2) is 0 Å². The molecule has 2 aromatic rings. The van der Waals surface area contributed by atoms with Gasteiger partial charge in [-0.15, -0.1) is 0 Å². The standard InChI is InChI=1S/C21H26BrN3O/c1-16(17-9-7-10-19(22)14-17)23-21(26)24(2)15-18-8-3-4-11-20(18)25-12-5-6-13-25/h3-4,7-11,14,16H,5-6,12-13,15H2,1-2H3,(H,23,26). The van der Waals surface area contributed by atoms with Crippen LogP contribution in [0.3, 0.4) is 0 Å². The van der Waals surface area contributed by atoms with Gasteiger partial charge in [0.05, 0.1) is 6.04 Å². The van der Waals surface area contributed by atoms with Crippen molar-refractivity contribution in [3.05, 3.63) is 64.1 Å². The van der Waals surface area contributed by atoms with Crippen molar-refractivity contribution in [2.75, 3.05) is 25.0 Å². The number of carbonyl (C=O) groups is 1. The highest BCUT2D eigenvalue weighted by molar-refractivity contribution is 9.10. The maximum Gasteiger partial charge on any atom is 0.317 e. The van der Waals surface area contributed by atoms with E-state index in [9.17, 15) is 4.79 Å². The molecular weight excluding hydrogens is 390 g/mol. The van der Waals surface area contributed by atoms with Gasteiger partial charge in [-0.3, -0.25) is 0 Å². The molecule has 1 N–H and O–H groups in total. The maximum atomic E-state index is 12.6. The predicted molar refractivity (Wildman–Crippen MR) is 110 cm³/mol. The second-order valence-electron chi connectivity index (χ2n) is 6.91. The molecule has 0 radical (unpaired) electrons. The van der Waals surface area contributed by atoms with Gasteiger partial charge in [-0.1, -0.05) is 46.3 Å². The number of halogens is 1. The average Bonchev–Trinajstić information content (AvgIpc) is 3.16. The van der Waals surface area contributed by atoms with Crippen molar-refractivity contribution in [2.24, 2.45) is 0 Å². The summed E-state index contributed by atoms with van der Waals surface area (Å²) in [5.41, 5.74) is 3.53. The number of rotatable bonds is 5. The van der Waals surface area contributed by atoms with Gasteiger partial charge in [0.2, 0.25) is 0 Å². The zero-order chi connectivity index (χ0) is 18.5. The number of anilines is 1. The highest BCUT2D eigenvalue weighted by atomic mass is 79.9. The van der Waals surface area contributed by atoms with Gasteiger partial charge in [-0.2, -0.15) is 0 Å². The second kappa shape index (κ2) is 8.58. The first kappa shape index (κ1) is 18.8. The molecule has 1 unspecified atom stereocenters. The molecular formula is C21H26BrN3O. The Morgan fingerprint density at radius 2 is 1.92 bits per heavy atom. The quantitative estimate of drug-likeness (QED) is 0.749. The monoisotopic (exact) mass is 415 g/mol. The van der Waals surface area contributed by atoms with Crippen LogP contribution < -0.4 is 10.2 Å². The Bertz CT molecular complexity index is 758. The lowest BCUT2D eigenvalue weighted by atomic mass is 10.1. The van der Waals surface area contributed by atoms with Crippen LogP contribution in [-0.4, -0.2) is 31.1 Å². The SMILES string of the molecule is CC(NC(=O)N(C)Cc1ccccc1N1CCCC1)c1cccc(Br)c1. The summed E-state index contributed by atoms with van der Waals surface area (Å²) in [4.78, 5) is 16.8. The Hall–Kier alpha value is -2.01. The minimum atomic E-state index is -0.0614. The Morgan fingerprint density at radius 1 is 1.19 bits per heavy atom. The van der Waals surface area contributed by atoms with Crippen LogP contribution in [0.15, 0.2) is 53.0 Å². The molecule has 5 heteroatoms. The molecule has 1 aliphatic rings. The molecule has 1 heterocycles. The molecule has 4 nitrogen and oxygen atoms in total. The van der Waals surface area contributed by atoms with Gasteiger partial charge in [-0.05, 0) is 49.1 Å². The molecule has 0 aromatic heterocycles. The summed E-state index contributed by atoms with van der Waals surface area (Å²) in [5, 5.41) is 3.08.